The van der Waals surface area contributed by atoms with Crippen molar-refractivity contribution in [1.29, 1.82) is 0 Å². The van der Waals surface area contributed by atoms with Crippen LogP contribution < -0.4 is 5.32 Å². The molecule has 1 heterocycles. The number of hydrogen-bond donors (Lipinski definition) is 1. The summed E-state index contributed by atoms with van der Waals surface area (Å²) in [5.41, 5.74) is -0.351. The van der Waals surface area contributed by atoms with Gasteiger partial charge >= 0.3 is 6.03 Å². The van der Waals surface area contributed by atoms with Crippen LogP contribution in [0.2, 0.25) is 10.0 Å². The molecule has 1 saturated heterocycles. The summed E-state index contributed by atoms with van der Waals surface area (Å²) < 4.78 is 0. The number of amides is 3. The van der Waals surface area contributed by atoms with E-state index in [1.54, 1.807) is 31.2 Å². The second-order valence-corrected chi connectivity index (χ2v) is 6.70. The maximum atomic E-state index is 12.8. The minimum atomic E-state index is -1.21. The number of nitrogens with one attached hydrogen (secondary N) is 1. The summed E-state index contributed by atoms with van der Waals surface area (Å²) in [6.07, 6.45) is 0. The lowest BCUT2D eigenvalue weighted by Gasteiger charge is -2.22. The fraction of sp³-hybridized carbons (Fsp3) is 0.167. The number of ketones is 1. The molecule has 1 aliphatic rings. The van der Waals surface area contributed by atoms with Crippen molar-refractivity contribution in [2.75, 3.05) is 6.54 Å². The van der Waals surface area contributed by atoms with Gasteiger partial charge in [0.25, 0.3) is 5.91 Å². The quantitative estimate of drug-likeness (QED) is 0.654. The molecule has 1 atom stereocenters. The molecule has 0 saturated carbocycles. The highest BCUT2D eigenvalue weighted by Crippen LogP contribution is 2.29. The zero-order valence-corrected chi connectivity index (χ0v) is 14.8. The molecule has 1 fully saturated rings. The van der Waals surface area contributed by atoms with Gasteiger partial charge in [-0.3, -0.25) is 14.5 Å². The number of carbonyl (C=O) groups is 3. The first-order chi connectivity index (χ1) is 11.8. The zero-order chi connectivity index (χ0) is 18.2. The molecule has 2 aromatic rings. The van der Waals surface area contributed by atoms with E-state index in [2.05, 4.69) is 5.32 Å². The lowest BCUT2D eigenvalue weighted by molar-refractivity contribution is -0.130. The number of Topliss-reactive ketones (excluding diaryl/α,β-unsaturated/α-hetero) is 1. The smallest absolute Gasteiger partial charge is 0.319 e. The van der Waals surface area contributed by atoms with Gasteiger partial charge in [-0.05, 0) is 30.7 Å². The molecule has 7 heteroatoms. The van der Waals surface area contributed by atoms with Crippen LogP contribution in [0.4, 0.5) is 4.79 Å². The number of urea groups is 1. The van der Waals surface area contributed by atoms with Gasteiger partial charge in [-0.25, -0.2) is 4.79 Å². The predicted octanol–water partition coefficient (Wildman–Crippen LogP) is 3.64. The first-order valence-electron chi connectivity index (χ1n) is 7.51. The highest BCUT2D eigenvalue weighted by Gasteiger charge is 2.49. The van der Waals surface area contributed by atoms with E-state index >= 15 is 0 Å². The monoisotopic (exact) mass is 376 g/mol. The Kier molecular flexibility index (Phi) is 4.54. The Labute approximate surface area is 154 Å². The van der Waals surface area contributed by atoms with Crippen molar-refractivity contribution in [3.8, 4) is 0 Å². The van der Waals surface area contributed by atoms with E-state index < -0.39 is 29.8 Å². The van der Waals surface area contributed by atoms with E-state index in [-0.39, 0.29) is 10.6 Å². The number of hydrogen-bond acceptors (Lipinski definition) is 3. The minimum Gasteiger partial charge on any atom is -0.319 e. The average molecular weight is 377 g/mol. The number of carbonyl (C=O) groups excluding carboxylic acids is 3. The van der Waals surface area contributed by atoms with Crippen LogP contribution >= 0.6 is 23.2 Å². The van der Waals surface area contributed by atoms with Crippen molar-refractivity contribution in [2.45, 2.75) is 12.5 Å². The van der Waals surface area contributed by atoms with Gasteiger partial charge in [-0.1, -0.05) is 53.5 Å². The van der Waals surface area contributed by atoms with E-state index in [0.29, 0.717) is 10.6 Å². The topological polar surface area (TPSA) is 66.5 Å². The molecule has 3 rings (SSSR count). The van der Waals surface area contributed by atoms with Gasteiger partial charge in [0, 0.05) is 10.6 Å². The number of halogens is 2. The third kappa shape index (κ3) is 3.13. The first kappa shape index (κ1) is 17.5. The maximum absolute atomic E-state index is 12.8. The van der Waals surface area contributed by atoms with E-state index in [9.17, 15) is 14.4 Å². The van der Waals surface area contributed by atoms with Gasteiger partial charge in [-0.2, -0.15) is 0 Å². The van der Waals surface area contributed by atoms with Gasteiger partial charge in [0.15, 0.2) is 5.78 Å². The van der Waals surface area contributed by atoms with Crippen molar-refractivity contribution in [2.24, 2.45) is 0 Å². The standard InChI is InChI=1S/C18H14Cl2N2O3/c1-18(11-5-3-2-4-6-11)16(24)22(17(25)21-18)10-15(23)13-8-7-12(19)9-14(13)20/h2-9H,10H2,1H3,(H,21,25). The Morgan fingerprint density at radius 3 is 2.44 bits per heavy atom. The fourth-order valence-electron chi connectivity index (χ4n) is 2.75. The largest absolute Gasteiger partial charge is 0.325 e. The van der Waals surface area contributed by atoms with Gasteiger partial charge < -0.3 is 5.32 Å². The normalized spacial score (nSPS) is 19.9. The summed E-state index contributed by atoms with van der Waals surface area (Å²) >= 11 is 11.8. The summed E-state index contributed by atoms with van der Waals surface area (Å²) in [7, 11) is 0. The second kappa shape index (κ2) is 6.50. The van der Waals surface area contributed by atoms with Gasteiger partial charge in [0.05, 0.1) is 11.6 Å². The third-order valence-electron chi connectivity index (χ3n) is 4.16. The third-order valence-corrected chi connectivity index (χ3v) is 4.71. The first-order valence-corrected chi connectivity index (χ1v) is 8.26. The number of nitrogens with zero attached hydrogens (tertiary/aromatic N) is 1. The number of imide groups is 1. The minimum absolute atomic E-state index is 0.176. The molecule has 1 unspecified atom stereocenters. The molecule has 0 aliphatic carbocycles. The van der Waals surface area contributed by atoms with Crippen LogP contribution in [0.1, 0.15) is 22.8 Å². The summed E-state index contributed by atoms with van der Waals surface area (Å²) in [6, 6.07) is 12.7. The summed E-state index contributed by atoms with van der Waals surface area (Å²) in [4.78, 5) is 38.4. The van der Waals surface area contributed by atoms with Crippen LogP contribution in [-0.2, 0) is 10.3 Å². The number of rotatable bonds is 4. The maximum Gasteiger partial charge on any atom is 0.325 e. The average Bonchev–Trinajstić information content (AvgIpc) is 2.80. The van der Waals surface area contributed by atoms with Crippen LogP contribution in [0.15, 0.2) is 48.5 Å². The van der Waals surface area contributed by atoms with Crippen molar-refractivity contribution in [1.82, 2.24) is 10.2 Å². The van der Waals surface area contributed by atoms with Crippen molar-refractivity contribution < 1.29 is 14.4 Å². The fourth-order valence-corrected chi connectivity index (χ4v) is 3.27. The van der Waals surface area contributed by atoms with Crippen molar-refractivity contribution >= 4 is 40.9 Å². The summed E-state index contributed by atoms with van der Waals surface area (Å²) in [6.45, 7) is 1.22. The molecule has 2 aromatic carbocycles. The lowest BCUT2D eigenvalue weighted by Crippen LogP contribution is -2.41. The molecule has 1 aliphatic heterocycles. The molecule has 1 N–H and O–H groups in total. The summed E-state index contributed by atoms with van der Waals surface area (Å²) in [5.74, 6) is -0.926. The van der Waals surface area contributed by atoms with Crippen LogP contribution in [0.3, 0.4) is 0 Å². The lowest BCUT2D eigenvalue weighted by atomic mass is 9.92. The molecule has 25 heavy (non-hydrogen) atoms. The van der Waals surface area contributed by atoms with Gasteiger partial charge in [0.2, 0.25) is 0 Å². The van der Waals surface area contributed by atoms with E-state index in [0.717, 1.165) is 4.90 Å². The van der Waals surface area contributed by atoms with E-state index in [1.807, 2.05) is 6.07 Å². The Morgan fingerprint density at radius 1 is 1.12 bits per heavy atom. The Bertz CT molecular complexity index is 870. The molecule has 128 valence electrons. The molecule has 0 aromatic heterocycles. The van der Waals surface area contributed by atoms with Gasteiger partial charge in [0.1, 0.15) is 5.54 Å². The molecule has 0 spiro atoms. The molecule has 0 radical (unpaired) electrons. The van der Waals surface area contributed by atoms with Gasteiger partial charge in [-0.15, -0.1) is 0 Å². The SMILES string of the molecule is CC1(c2ccccc2)NC(=O)N(CC(=O)c2ccc(Cl)cc2Cl)C1=O. The van der Waals surface area contributed by atoms with E-state index in [1.165, 1.54) is 18.2 Å². The summed E-state index contributed by atoms with van der Waals surface area (Å²) in [5, 5.41) is 3.23. The predicted molar refractivity (Wildman–Crippen MR) is 94.8 cm³/mol. The van der Waals surface area contributed by atoms with Crippen LogP contribution in [0.25, 0.3) is 0 Å². The molecular weight excluding hydrogens is 363 g/mol. The molecule has 3 amide bonds. The molecule has 0 bridgehead atoms. The molecule has 5 nitrogen and oxygen atoms in total. The van der Waals surface area contributed by atoms with Crippen LogP contribution in [-0.4, -0.2) is 29.2 Å². The number of benzene rings is 2. The van der Waals surface area contributed by atoms with E-state index in [4.69, 9.17) is 23.2 Å². The highest BCUT2D eigenvalue weighted by atomic mass is 35.5. The Hall–Kier alpha value is -2.37. The molecular formula is C18H14Cl2N2O3. The Balaban J connectivity index is 1.85. The van der Waals surface area contributed by atoms with Crippen molar-refractivity contribution in [3.63, 3.8) is 0 Å². The second-order valence-electron chi connectivity index (χ2n) is 5.86. The highest BCUT2D eigenvalue weighted by molar-refractivity contribution is 6.37. The zero-order valence-electron chi connectivity index (χ0n) is 13.3. The van der Waals surface area contributed by atoms with Crippen molar-refractivity contribution in [3.05, 3.63) is 69.7 Å². The van der Waals surface area contributed by atoms with Crippen LogP contribution in [0, 0.1) is 0 Å². The Morgan fingerprint density at radius 2 is 1.80 bits per heavy atom. The van der Waals surface area contributed by atoms with Crippen LogP contribution in [0.5, 0.6) is 0 Å².